The largest absolute Gasteiger partial charge is 0.497 e. The van der Waals surface area contributed by atoms with Gasteiger partial charge in [-0.15, -0.1) is 0 Å². The molecule has 5 nitrogen and oxygen atoms in total. The van der Waals surface area contributed by atoms with Crippen molar-refractivity contribution in [1.29, 1.82) is 0 Å². The Hall–Kier alpha value is -3.29. The number of amides is 1. The van der Waals surface area contributed by atoms with Crippen molar-refractivity contribution in [2.75, 3.05) is 12.4 Å². The number of carbonyl (C=O) groups excluding carboxylic acids is 1. The van der Waals surface area contributed by atoms with E-state index >= 15 is 0 Å². The van der Waals surface area contributed by atoms with Crippen LogP contribution in [0.3, 0.4) is 0 Å². The number of rotatable bonds is 4. The molecule has 3 rings (SSSR count). The number of nitrogens with one attached hydrogen (secondary N) is 1. The molecule has 0 saturated carbocycles. The number of oxazole rings is 1. The quantitative estimate of drug-likeness (QED) is 0.741. The van der Waals surface area contributed by atoms with E-state index in [1.165, 1.54) is 7.11 Å². The van der Waals surface area contributed by atoms with E-state index in [4.69, 9.17) is 9.15 Å². The maximum Gasteiger partial charge on any atom is 0.471 e. The topological polar surface area (TPSA) is 64.4 Å². The Bertz CT molecular complexity index is 904. The highest BCUT2D eigenvalue weighted by atomic mass is 19.4. The SMILES string of the molecule is COc1ccc(-c2nc(-c3ccccc3)c(NC(=O)C(F)(F)F)o2)cc1. The average molecular weight is 362 g/mol. The first-order valence-electron chi connectivity index (χ1n) is 7.47. The Balaban J connectivity index is 2.03. The number of hydrogen-bond acceptors (Lipinski definition) is 4. The average Bonchev–Trinajstić information content (AvgIpc) is 3.05. The minimum absolute atomic E-state index is 0.0731. The van der Waals surface area contributed by atoms with Crippen molar-refractivity contribution in [2.45, 2.75) is 6.18 Å². The lowest BCUT2D eigenvalue weighted by atomic mass is 10.1. The van der Waals surface area contributed by atoms with Crippen molar-refractivity contribution in [3.8, 4) is 28.5 Å². The molecule has 1 aromatic heterocycles. The molecular formula is C18H13F3N2O3. The van der Waals surface area contributed by atoms with Gasteiger partial charge in [0.05, 0.1) is 7.11 Å². The summed E-state index contributed by atoms with van der Waals surface area (Å²) in [6.45, 7) is 0. The fraction of sp³-hybridized carbons (Fsp3) is 0.111. The molecule has 0 radical (unpaired) electrons. The number of hydrogen-bond donors (Lipinski definition) is 1. The Morgan fingerprint density at radius 3 is 2.27 bits per heavy atom. The van der Waals surface area contributed by atoms with Gasteiger partial charge < -0.3 is 9.15 Å². The number of halogens is 3. The first-order chi connectivity index (χ1) is 12.4. The lowest BCUT2D eigenvalue weighted by Gasteiger charge is -2.06. The van der Waals surface area contributed by atoms with Crippen LogP contribution in [0.1, 0.15) is 0 Å². The van der Waals surface area contributed by atoms with Crippen LogP contribution in [0.25, 0.3) is 22.7 Å². The third kappa shape index (κ3) is 3.69. The molecule has 3 aromatic rings. The van der Waals surface area contributed by atoms with Gasteiger partial charge in [0.1, 0.15) is 11.4 Å². The van der Waals surface area contributed by atoms with E-state index in [0.29, 0.717) is 16.9 Å². The van der Waals surface area contributed by atoms with E-state index in [9.17, 15) is 18.0 Å². The molecule has 1 amide bonds. The maximum atomic E-state index is 12.6. The molecule has 0 unspecified atom stereocenters. The third-order valence-corrected chi connectivity index (χ3v) is 3.50. The van der Waals surface area contributed by atoms with Crippen LogP contribution in [0.15, 0.2) is 59.0 Å². The second kappa shape index (κ2) is 6.91. The smallest absolute Gasteiger partial charge is 0.471 e. The van der Waals surface area contributed by atoms with Gasteiger partial charge in [-0.05, 0) is 24.3 Å². The van der Waals surface area contributed by atoms with Crippen molar-refractivity contribution >= 4 is 11.8 Å². The van der Waals surface area contributed by atoms with Gasteiger partial charge in [0.2, 0.25) is 11.8 Å². The number of benzene rings is 2. The van der Waals surface area contributed by atoms with Crippen LogP contribution in [0, 0.1) is 0 Å². The molecule has 0 aliphatic rings. The molecule has 0 aliphatic heterocycles. The van der Waals surface area contributed by atoms with Crippen molar-refractivity contribution in [3.05, 3.63) is 54.6 Å². The summed E-state index contributed by atoms with van der Waals surface area (Å²) in [5, 5.41) is 1.74. The second-order valence-corrected chi connectivity index (χ2v) is 5.24. The Morgan fingerprint density at radius 1 is 1.04 bits per heavy atom. The number of methoxy groups -OCH3 is 1. The van der Waals surface area contributed by atoms with E-state index in [0.717, 1.165) is 0 Å². The molecule has 8 heteroatoms. The highest BCUT2D eigenvalue weighted by Crippen LogP contribution is 2.34. The predicted octanol–water partition coefficient (Wildman–Crippen LogP) is 4.52. The number of anilines is 1. The molecule has 0 aliphatic carbocycles. The van der Waals surface area contributed by atoms with Crippen molar-refractivity contribution < 1.29 is 27.1 Å². The third-order valence-electron chi connectivity index (χ3n) is 3.50. The first-order valence-corrected chi connectivity index (χ1v) is 7.47. The predicted molar refractivity (Wildman–Crippen MR) is 88.6 cm³/mol. The maximum absolute atomic E-state index is 12.6. The molecule has 0 fully saturated rings. The minimum atomic E-state index is -5.04. The summed E-state index contributed by atoms with van der Waals surface area (Å²) in [4.78, 5) is 15.6. The van der Waals surface area contributed by atoms with Crippen LogP contribution in [0.5, 0.6) is 5.75 Å². The van der Waals surface area contributed by atoms with E-state index in [1.807, 2.05) is 0 Å². The van der Waals surface area contributed by atoms with E-state index in [-0.39, 0.29) is 17.5 Å². The van der Waals surface area contributed by atoms with Crippen molar-refractivity contribution in [3.63, 3.8) is 0 Å². The van der Waals surface area contributed by atoms with Crippen LogP contribution < -0.4 is 10.1 Å². The molecule has 0 atom stereocenters. The van der Waals surface area contributed by atoms with Crippen molar-refractivity contribution in [2.24, 2.45) is 0 Å². The highest BCUT2D eigenvalue weighted by molar-refractivity contribution is 5.96. The summed E-state index contributed by atoms with van der Waals surface area (Å²) in [6.07, 6.45) is -5.04. The number of alkyl halides is 3. The standard InChI is InChI=1S/C18H13F3N2O3/c1-25-13-9-7-12(8-10-13)15-22-14(11-5-3-2-4-6-11)16(26-15)23-17(24)18(19,20)21/h2-10H,1H3,(H,23,24). The monoisotopic (exact) mass is 362 g/mol. The lowest BCUT2D eigenvalue weighted by molar-refractivity contribution is -0.167. The van der Waals surface area contributed by atoms with E-state index in [1.54, 1.807) is 59.9 Å². The van der Waals surface area contributed by atoms with E-state index in [2.05, 4.69) is 4.98 Å². The normalized spacial score (nSPS) is 11.2. The van der Waals surface area contributed by atoms with Gasteiger partial charge in [-0.2, -0.15) is 13.2 Å². The fourth-order valence-electron chi connectivity index (χ4n) is 2.23. The van der Waals surface area contributed by atoms with Crippen LogP contribution in [0.2, 0.25) is 0 Å². The highest BCUT2D eigenvalue weighted by Gasteiger charge is 2.40. The van der Waals surface area contributed by atoms with Gasteiger partial charge in [-0.3, -0.25) is 10.1 Å². The molecule has 0 spiro atoms. The van der Waals surface area contributed by atoms with E-state index < -0.39 is 12.1 Å². The van der Waals surface area contributed by atoms with Gasteiger partial charge in [0.15, 0.2) is 0 Å². The van der Waals surface area contributed by atoms with Crippen LogP contribution >= 0.6 is 0 Å². The molecule has 1 N–H and O–H groups in total. The minimum Gasteiger partial charge on any atom is -0.497 e. The zero-order valence-electron chi connectivity index (χ0n) is 13.5. The number of aromatic nitrogens is 1. The molecular weight excluding hydrogens is 349 g/mol. The zero-order valence-corrected chi connectivity index (χ0v) is 13.5. The molecule has 0 saturated heterocycles. The number of nitrogens with zero attached hydrogens (tertiary/aromatic N) is 1. The number of ether oxygens (including phenoxy) is 1. The summed E-state index contributed by atoms with van der Waals surface area (Å²) in [5.41, 5.74) is 1.14. The van der Waals surface area contributed by atoms with Gasteiger partial charge in [0.25, 0.3) is 0 Å². The van der Waals surface area contributed by atoms with Crippen molar-refractivity contribution in [1.82, 2.24) is 4.98 Å². The first kappa shape index (κ1) is 17.5. The summed E-state index contributed by atoms with van der Waals surface area (Å²) in [6, 6.07) is 15.1. The summed E-state index contributed by atoms with van der Waals surface area (Å²) in [5.74, 6) is -1.82. The molecule has 134 valence electrons. The van der Waals surface area contributed by atoms with Gasteiger partial charge in [-0.1, -0.05) is 30.3 Å². The number of carbonyl (C=O) groups is 1. The molecule has 2 aromatic carbocycles. The molecule has 1 heterocycles. The summed E-state index contributed by atoms with van der Waals surface area (Å²) in [7, 11) is 1.51. The molecule has 0 bridgehead atoms. The van der Waals surface area contributed by atoms with Crippen LogP contribution in [-0.2, 0) is 4.79 Å². The molecule has 26 heavy (non-hydrogen) atoms. The van der Waals surface area contributed by atoms with Gasteiger partial charge in [-0.25, -0.2) is 4.98 Å². The fourth-order valence-corrected chi connectivity index (χ4v) is 2.23. The van der Waals surface area contributed by atoms with Crippen LogP contribution in [-0.4, -0.2) is 24.2 Å². The Morgan fingerprint density at radius 2 is 1.69 bits per heavy atom. The summed E-state index contributed by atoms with van der Waals surface area (Å²) >= 11 is 0. The zero-order chi connectivity index (χ0) is 18.7. The van der Waals surface area contributed by atoms with Crippen LogP contribution in [0.4, 0.5) is 19.1 Å². The summed E-state index contributed by atoms with van der Waals surface area (Å²) < 4.78 is 48.3. The Kier molecular flexibility index (Phi) is 4.66. The Labute approximate surface area is 146 Å². The van der Waals surface area contributed by atoms with Gasteiger partial charge >= 0.3 is 12.1 Å². The van der Waals surface area contributed by atoms with Gasteiger partial charge in [0, 0.05) is 11.1 Å². The second-order valence-electron chi connectivity index (χ2n) is 5.24. The lowest BCUT2D eigenvalue weighted by Crippen LogP contribution is -2.29.